The van der Waals surface area contributed by atoms with E-state index in [9.17, 15) is 22.8 Å². The van der Waals surface area contributed by atoms with Gasteiger partial charge in [0.25, 0.3) is 11.8 Å². The summed E-state index contributed by atoms with van der Waals surface area (Å²) in [5.74, 6) is -0.840. The lowest BCUT2D eigenvalue weighted by Gasteiger charge is -2.10. The van der Waals surface area contributed by atoms with Crippen LogP contribution in [0, 0.1) is 0 Å². The lowest BCUT2D eigenvalue weighted by atomic mass is 10.0. The van der Waals surface area contributed by atoms with Gasteiger partial charge in [0.15, 0.2) is 11.4 Å². The molecule has 0 aliphatic rings. The predicted octanol–water partition coefficient (Wildman–Crippen LogP) is 4.56. The Balaban J connectivity index is 1.55. The second kappa shape index (κ2) is 12.9. The number of pyridine rings is 1. The molecule has 0 saturated carbocycles. The number of aromatic nitrogens is 4. The molecular formula is C28H31F3N8O3. The fraction of sp³-hybridized carbons (Fsp3) is 0.321. The first-order chi connectivity index (χ1) is 19.9. The Morgan fingerprint density at radius 3 is 2.50 bits per heavy atom. The Kier molecular flexibility index (Phi) is 9.25. The third-order valence-electron chi connectivity index (χ3n) is 6.06. The van der Waals surface area contributed by atoms with Crippen molar-refractivity contribution in [2.45, 2.75) is 25.9 Å². The Morgan fingerprint density at radius 2 is 1.83 bits per heavy atom. The van der Waals surface area contributed by atoms with Gasteiger partial charge in [-0.25, -0.2) is 14.6 Å². The van der Waals surface area contributed by atoms with Crippen LogP contribution in [0.25, 0.3) is 17.1 Å². The molecule has 0 radical (unpaired) electrons. The van der Waals surface area contributed by atoms with Crippen LogP contribution in [-0.4, -0.2) is 76.4 Å². The van der Waals surface area contributed by atoms with Gasteiger partial charge in [0.05, 0.1) is 17.6 Å². The molecule has 3 aromatic heterocycles. The minimum Gasteiger partial charge on any atom is -0.444 e. The van der Waals surface area contributed by atoms with Crippen molar-refractivity contribution in [3.05, 3.63) is 72.0 Å². The molecule has 4 rings (SSSR count). The second-order valence-electron chi connectivity index (χ2n) is 10.0. The van der Waals surface area contributed by atoms with Gasteiger partial charge < -0.3 is 25.3 Å². The van der Waals surface area contributed by atoms with E-state index in [2.05, 4.69) is 44.9 Å². The molecule has 0 aliphatic carbocycles. The molecule has 0 unspecified atom stereocenters. The van der Waals surface area contributed by atoms with Crippen molar-refractivity contribution >= 4 is 23.3 Å². The highest BCUT2D eigenvalue weighted by Gasteiger charge is 2.27. The predicted molar refractivity (Wildman–Crippen MR) is 151 cm³/mol. The van der Waals surface area contributed by atoms with Gasteiger partial charge in [-0.2, -0.15) is 18.3 Å². The minimum absolute atomic E-state index is 0.000183. The summed E-state index contributed by atoms with van der Waals surface area (Å²) >= 11 is 0. The SMILES string of the molecule is CC(C)c1ccc(-n2cc(NC(=O)c3coc(-c4ccnc(NCC(F)(F)F)c4)n3)c(C(=O)NCCN(C)C)n2)cc1. The molecule has 0 atom stereocenters. The third kappa shape index (κ3) is 7.94. The fourth-order valence-corrected chi connectivity index (χ4v) is 3.80. The van der Waals surface area contributed by atoms with E-state index in [1.54, 1.807) is 0 Å². The van der Waals surface area contributed by atoms with Gasteiger partial charge in [0.2, 0.25) is 5.89 Å². The van der Waals surface area contributed by atoms with Crippen LogP contribution in [0.15, 0.2) is 59.5 Å². The van der Waals surface area contributed by atoms with Gasteiger partial charge >= 0.3 is 6.18 Å². The molecule has 42 heavy (non-hydrogen) atoms. The number of carbonyl (C=O) groups is 2. The molecule has 4 aromatic rings. The van der Waals surface area contributed by atoms with Crippen molar-refractivity contribution in [2.24, 2.45) is 0 Å². The Labute approximate surface area is 240 Å². The van der Waals surface area contributed by atoms with Gasteiger partial charge in [-0.1, -0.05) is 26.0 Å². The first-order valence-electron chi connectivity index (χ1n) is 13.1. The first kappa shape index (κ1) is 30.2. The summed E-state index contributed by atoms with van der Waals surface area (Å²) < 4.78 is 44.6. The van der Waals surface area contributed by atoms with Crippen LogP contribution in [0.3, 0.4) is 0 Å². The Morgan fingerprint density at radius 1 is 1.10 bits per heavy atom. The number of nitrogens with one attached hydrogen (secondary N) is 3. The van der Waals surface area contributed by atoms with E-state index < -0.39 is 24.5 Å². The maximum atomic E-state index is 13.1. The molecule has 222 valence electrons. The molecule has 0 aliphatic heterocycles. The average Bonchev–Trinajstić information content (AvgIpc) is 3.60. The van der Waals surface area contributed by atoms with Gasteiger partial charge in [-0.15, -0.1) is 0 Å². The number of carbonyl (C=O) groups excluding carboxylic acids is 2. The molecule has 0 fully saturated rings. The van der Waals surface area contributed by atoms with E-state index in [0.29, 0.717) is 30.3 Å². The highest BCUT2D eigenvalue weighted by Crippen LogP contribution is 2.24. The summed E-state index contributed by atoms with van der Waals surface area (Å²) in [6, 6.07) is 10.5. The van der Waals surface area contributed by atoms with Crippen LogP contribution < -0.4 is 16.0 Å². The lowest BCUT2D eigenvalue weighted by molar-refractivity contribution is -0.115. The van der Waals surface area contributed by atoms with Gasteiger partial charge in [0, 0.05) is 24.8 Å². The van der Waals surface area contributed by atoms with Crippen molar-refractivity contribution in [3.8, 4) is 17.1 Å². The Bertz CT molecular complexity index is 1530. The molecule has 0 bridgehead atoms. The zero-order valence-corrected chi connectivity index (χ0v) is 23.5. The number of amides is 2. The lowest BCUT2D eigenvalue weighted by Crippen LogP contribution is -2.32. The number of benzene rings is 1. The van der Waals surface area contributed by atoms with Crippen molar-refractivity contribution in [3.63, 3.8) is 0 Å². The van der Waals surface area contributed by atoms with E-state index >= 15 is 0 Å². The van der Waals surface area contributed by atoms with E-state index in [1.807, 2.05) is 43.3 Å². The highest BCUT2D eigenvalue weighted by atomic mass is 19.4. The van der Waals surface area contributed by atoms with Crippen LogP contribution in [0.1, 0.15) is 46.3 Å². The minimum atomic E-state index is -4.42. The molecule has 0 spiro atoms. The number of nitrogens with zero attached hydrogens (tertiary/aromatic N) is 5. The second-order valence-corrected chi connectivity index (χ2v) is 10.0. The maximum absolute atomic E-state index is 13.1. The number of hydrogen-bond acceptors (Lipinski definition) is 8. The number of halogens is 3. The summed E-state index contributed by atoms with van der Waals surface area (Å²) in [6.45, 7) is 3.88. The fourth-order valence-electron chi connectivity index (χ4n) is 3.80. The number of alkyl halides is 3. The maximum Gasteiger partial charge on any atom is 0.405 e. The van der Waals surface area contributed by atoms with E-state index in [1.165, 1.54) is 29.2 Å². The van der Waals surface area contributed by atoms with Crippen molar-refractivity contribution in [1.82, 2.24) is 30.0 Å². The molecule has 3 N–H and O–H groups in total. The van der Waals surface area contributed by atoms with Crippen LogP contribution in [0.4, 0.5) is 24.7 Å². The van der Waals surface area contributed by atoms with Crippen molar-refractivity contribution in [2.75, 3.05) is 44.4 Å². The molecule has 1 aromatic carbocycles. The monoisotopic (exact) mass is 584 g/mol. The van der Waals surface area contributed by atoms with Crippen LogP contribution in [0.2, 0.25) is 0 Å². The summed E-state index contributed by atoms with van der Waals surface area (Å²) in [7, 11) is 3.76. The molecular weight excluding hydrogens is 553 g/mol. The van der Waals surface area contributed by atoms with Gasteiger partial charge in [-0.05, 0) is 49.8 Å². The first-order valence-corrected chi connectivity index (χ1v) is 13.1. The molecule has 14 heteroatoms. The molecule has 0 saturated heterocycles. The normalized spacial score (nSPS) is 11.6. The molecule has 11 nitrogen and oxygen atoms in total. The van der Waals surface area contributed by atoms with E-state index in [-0.39, 0.29) is 28.8 Å². The van der Waals surface area contributed by atoms with Crippen LogP contribution in [-0.2, 0) is 0 Å². The molecule has 3 heterocycles. The quantitative estimate of drug-likeness (QED) is 0.234. The average molecular weight is 585 g/mol. The van der Waals surface area contributed by atoms with Crippen LogP contribution >= 0.6 is 0 Å². The number of hydrogen-bond donors (Lipinski definition) is 3. The zero-order chi connectivity index (χ0) is 30.4. The summed E-state index contributed by atoms with van der Waals surface area (Å²) in [4.78, 5) is 36.1. The number of anilines is 2. The third-order valence-corrected chi connectivity index (χ3v) is 6.06. The topological polar surface area (TPSA) is 130 Å². The summed E-state index contributed by atoms with van der Waals surface area (Å²) in [5.41, 5.74) is 2.20. The largest absolute Gasteiger partial charge is 0.444 e. The number of likely N-dealkylation sites (N-methyl/N-ethyl adjacent to an activating group) is 1. The standard InChI is InChI=1S/C28H31F3N8O3/c1-17(2)18-5-7-20(8-6-18)39-14-21(24(37-39)26(41)33-11-12-38(3)4)35-25(40)22-15-42-27(36-22)19-9-10-32-23(13-19)34-16-28(29,30)31/h5-10,13-15,17H,11-12,16H2,1-4H3,(H,32,34)(H,33,41)(H,35,40). The van der Waals surface area contributed by atoms with Gasteiger partial charge in [0.1, 0.15) is 18.6 Å². The van der Waals surface area contributed by atoms with E-state index in [4.69, 9.17) is 4.42 Å². The number of rotatable bonds is 11. The van der Waals surface area contributed by atoms with Crippen molar-refractivity contribution in [1.29, 1.82) is 0 Å². The summed E-state index contributed by atoms with van der Waals surface area (Å²) in [6.07, 6.45) is -0.480. The van der Waals surface area contributed by atoms with E-state index in [0.717, 1.165) is 11.8 Å². The van der Waals surface area contributed by atoms with Crippen molar-refractivity contribution < 1.29 is 27.2 Å². The van der Waals surface area contributed by atoms with Crippen LogP contribution in [0.5, 0.6) is 0 Å². The zero-order valence-electron chi connectivity index (χ0n) is 23.5. The summed E-state index contributed by atoms with van der Waals surface area (Å²) in [5, 5.41) is 12.1. The van der Waals surface area contributed by atoms with Gasteiger partial charge in [-0.3, -0.25) is 9.59 Å². The highest BCUT2D eigenvalue weighted by molar-refractivity contribution is 6.07. The smallest absolute Gasteiger partial charge is 0.405 e. The Hall–Kier alpha value is -4.72. The number of oxazole rings is 1. The molecule has 2 amide bonds.